The maximum Gasteiger partial charge on any atom is 0.0756 e. The summed E-state index contributed by atoms with van der Waals surface area (Å²) in [6.07, 6.45) is 0. The van der Waals surface area contributed by atoms with Crippen LogP contribution in [0, 0.1) is 0 Å². The molecule has 0 aliphatic rings. The van der Waals surface area contributed by atoms with Crippen LogP contribution in [-0.4, -0.2) is 24.3 Å². The maximum absolute atomic E-state index is 5.67. The summed E-state index contributed by atoms with van der Waals surface area (Å²) in [5.41, 5.74) is 10.5. The molecule has 3 nitrogen and oxygen atoms in total. The summed E-state index contributed by atoms with van der Waals surface area (Å²) in [7, 11) is 0. The Labute approximate surface area is 69.1 Å². The van der Waals surface area contributed by atoms with Gasteiger partial charge in [-0.2, -0.15) is 0 Å². The summed E-state index contributed by atoms with van der Waals surface area (Å²) in [6.45, 7) is 8.87. The molecular formula is C8H20N2O. The van der Waals surface area contributed by atoms with E-state index in [2.05, 4.69) is 0 Å². The molecule has 0 aromatic heterocycles. The highest BCUT2D eigenvalue weighted by Crippen LogP contribution is 2.17. The maximum atomic E-state index is 5.67. The van der Waals surface area contributed by atoms with Gasteiger partial charge >= 0.3 is 0 Å². The summed E-state index contributed by atoms with van der Waals surface area (Å²) >= 11 is 0. The Bertz CT molecular complexity index is 107. The highest BCUT2D eigenvalue weighted by atomic mass is 16.5. The van der Waals surface area contributed by atoms with Gasteiger partial charge in [0.2, 0.25) is 0 Å². The second-order valence-electron chi connectivity index (χ2n) is 4.03. The van der Waals surface area contributed by atoms with Gasteiger partial charge in [0.05, 0.1) is 11.2 Å². The fourth-order valence-electron chi connectivity index (χ4n) is 0.831. The Morgan fingerprint density at radius 2 is 1.18 bits per heavy atom. The molecule has 0 heterocycles. The summed E-state index contributed by atoms with van der Waals surface area (Å²) in [5, 5.41) is 0. The minimum Gasteiger partial charge on any atom is -0.367 e. The van der Waals surface area contributed by atoms with E-state index in [1.54, 1.807) is 0 Å². The first-order valence-electron chi connectivity index (χ1n) is 3.93. The standard InChI is InChI=1S/C8H20N2O/c1-7(2,5-9)11-8(3,4)6-10/h5-6,9-10H2,1-4H3. The van der Waals surface area contributed by atoms with E-state index >= 15 is 0 Å². The van der Waals surface area contributed by atoms with Crippen LogP contribution in [0.15, 0.2) is 0 Å². The van der Waals surface area contributed by atoms with E-state index in [0.29, 0.717) is 13.1 Å². The molecule has 0 fully saturated rings. The average Bonchev–Trinajstić information content (AvgIpc) is 1.86. The Kier molecular flexibility index (Phi) is 3.48. The van der Waals surface area contributed by atoms with Gasteiger partial charge in [-0.15, -0.1) is 0 Å². The van der Waals surface area contributed by atoms with Crippen LogP contribution in [0.3, 0.4) is 0 Å². The number of ether oxygens (including phenoxy) is 1. The van der Waals surface area contributed by atoms with Gasteiger partial charge in [0.25, 0.3) is 0 Å². The number of hydrogen-bond donors (Lipinski definition) is 2. The molecule has 3 heteroatoms. The lowest BCUT2D eigenvalue weighted by Crippen LogP contribution is -2.45. The van der Waals surface area contributed by atoms with Crippen molar-refractivity contribution in [3.63, 3.8) is 0 Å². The molecule has 0 atom stereocenters. The Balaban J connectivity index is 4.02. The van der Waals surface area contributed by atoms with E-state index in [0.717, 1.165) is 0 Å². The molecule has 0 aliphatic carbocycles. The van der Waals surface area contributed by atoms with Gasteiger partial charge in [0.15, 0.2) is 0 Å². The Morgan fingerprint density at radius 3 is 1.36 bits per heavy atom. The predicted molar refractivity (Wildman–Crippen MR) is 47.4 cm³/mol. The quantitative estimate of drug-likeness (QED) is 0.628. The Morgan fingerprint density at radius 1 is 0.909 bits per heavy atom. The fraction of sp³-hybridized carbons (Fsp3) is 1.00. The van der Waals surface area contributed by atoms with Crippen LogP contribution in [-0.2, 0) is 4.74 Å². The van der Waals surface area contributed by atoms with E-state index < -0.39 is 0 Å². The molecule has 0 saturated carbocycles. The first-order chi connectivity index (χ1) is 4.83. The zero-order valence-electron chi connectivity index (χ0n) is 7.98. The lowest BCUT2D eigenvalue weighted by Gasteiger charge is -2.34. The van der Waals surface area contributed by atoms with Gasteiger partial charge in [-0.25, -0.2) is 0 Å². The topological polar surface area (TPSA) is 61.3 Å². The minimum atomic E-state index is -0.275. The summed E-state index contributed by atoms with van der Waals surface area (Å²) in [4.78, 5) is 0. The monoisotopic (exact) mass is 160 g/mol. The third-order valence-electron chi connectivity index (χ3n) is 1.54. The lowest BCUT2D eigenvalue weighted by molar-refractivity contribution is -0.111. The van der Waals surface area contributed by atoms with Gasteiger partial charge in [0.1, 0.15) is 0 Å². The SMILES string of the molecule is CC(C)(CN)OC(C)(C)CN. The third-order valence-corrected chi connectivity index (χ3v) is 1.54. The summed E-state index contributed by atoms with van der Waals surface area (Å²) in [5.74, 6) is 0. The first kappa shape index (κ1) is 10.9. The van der Waals surface area contributed by atoms with Crippen molar-refractivity contribution in [2.24, 2.45) is 11.5 Å². The summed E-state index contributed by atoms with van der Waals surface area (Å²) < 4.78 is 5.67. The predicted octanol–water partition coefficient (Wildman–Crippen LogP) is 0.478. The molecule has 0 rings (SSSR count). The van der Waals surface area contributed by atoms with Crippen LogP contribution in [0.5, 0.6) is 0 Å². The van der Waals surface area contributed by atoms with E-state index in [9.17, 15) is 0 Å². The average molecular weight is 160 g/mol. The van der Waals surface area contributed by atoms with E-state index in [-0.39, 0.29) is 11.2 Å². The zero-order chi connectivity index (χ0) is 9.12. The van der Waals surface area contributed by atoms with E-state index in [1.165, 1.54) is 0 Å². The normalized spacial score (nSPS) is 13.6. The van der Waals surface area contributed by atoms with Crippen molar-refractivity contribution in [1.82, 2.24) is 0 Å². The highest BCUT2D eigenvalue weighted by molar-refractivity contribution is 4.78. The van der Waals surface area contributed by atoms with Gasteiger partial charge in [0, 0.05) is 13.1 Å². The van der Waals surface area contributed by atoms with Gasteiger partial charge in [-0.3, -0.25) is 0 Å². The molecule has 0 bridgehead atoms. The van der Waals surface area contributed by atoms with Crippen molar-refractivity contribution in [2.75, 3.05) is 13.1 Å². The minimum absolute atomic E-state index is 0.275. The molecule has 68 valence electrons. The fourth-order valence-corrected chi connectivity index (χ4v) is 0.831. The van der Waals surface area contributed by atoms with Crippen LogP contribution in [0.4, 0.5) is 0 Å². The van der Waals surface area contributed by atoms with Crippen LogP contribution < -0.4 is 11.5 Å². The van der Waals surface area contributed by atoms with Gasteiger partial charge in [-0.05, 0) is 27.7 Å². The molecule has 0 saturated heterocycles. The molecule has 4 N–H and O–H groups in total. The molecule has 0 unspecified atom stereocenters. The number of nitrogens with two attached hydrogens (primary N) is 2. The lowest BCUT2D eigenvalue weighted by atomic mass is 10.1. The molecule has 0 amide bonds. The second-order valence-corrected chi connectivity index (χ2v) is 4.03. The van der Waals surface area contributed by atoms with Crippen LogP contribution >= 0.6 is 0 Å². The largest absolute Gasteiger partial charge is 0.367 e. The van der Waals surface area contributed by atoms with Crippen molar-refractivity contribution in [2.45, 2.75) is 38.9 Å². The van der Waals surface area contributed by atoms with Crippen LogP contribution in [0.25, 0.3) is 0 Å². The van der Waals surface area contributed by atoms with Crippen molar-refractivity contribution in [1.29, 1.82) is 0 Å². The molecule has 0 aromatic rings. The molecule has 11 heavy (non-hydrogen) atoms. The summed E-state index contributed by atoms with van der Waals surface area (Å²) in [6, 6.07) is 0. The van der Waals surface area contributed by atoms with E-state index in [1.807, 2.05) is 27.7 Å². The molecule has 0 spiro atoms. The smallest absolute Gasteiger partial charge is 0.0756 e. The van der Waals surface area contributed by atoms with Crippen molar-refractivity contribution in [3.05, 3.63) is 0 Å². The van der Waals surface area contributed by atoms with Crippen molar-refractivity contribution < 1.29 is 4.74 Å². The van der Waals surface area contributed by atoms with Crippen LogP contribution in [0.2, 0.25) is 0 Å². The molecular weight excluding hydrogens is 140 g/mol. The second kappa shape index (κ2) is 3.52. The van der Waals surface area contributed by atoms with Gasteiger partial charge < -0.3 is 16.2 Å². The number of rotatable bonds is 4. The molecule has 0 aliphatic heterocycles. The Hall–Kier alpha value is -0.120. The molecule has 0 aromatic carbocycles. The molecule has 0 radical (unpaired) electrons. The van der Waals surface area contributed by atoms with Gasteiger partial charge in [-0.1, -0.05) is 0 Å². The highest BCUT2D eigenvalue weighted by Gasteiger charge is 2.26. The third kappa shape index (κ3) is 4.35. The van der Waals surface area contributed by atoms with Crippen molar-refractivity contribution in [3.8, 4) is 0 Å². The van der Waals surface area contributed by atoms with Crippen LogP contribution in [0.1, 0.15) is 27.7 Å². The van der Waals surface area contributed by atoms with E-state index in [4.69, 9.17) is 16.2 Å². The first-order valence-corrected chi connectivity index (χ1v) is 3.93. The van der Waals surface area contributed by atoms with Crippen molar-refractivity contribution >= 4 is 0 Å². The zero-order valence-corrected chi connectivity index (χ0v) is 7.98. The number of hydrogen-bond acceptors (Lipinski definition) is 3.